The Balaban J connectivity index is 1.53. The Morgan fingerprint density at radius 3 is 2.31 bits per heavy atom. The molecule has 3 rings (SSSR count). The molecule has 0 bridgehead atoms. The molecule has 1 aromatic rings. The fourth-order valence-electron chi connectivity index (χ4n) is 3.23. The Hall–Kier alpha value is -1.97. The summed E-state index contributed by atoms with van der Waals surface area (Å²) >= 11 is -2.14. The van der Waals surface area contributed by atoms with Crippen LogP contribution in [0.5, 0.6) is 0 Å². The van der Waals surface area contributed by atoms with Crippen molar-refractivity contribution in [2.45, 2.75) is 25.4 Å². The minimum atomic E-state index is -2.14. The second kappa shape index (κ2) is 8.61. The molecule has 2 amide bonds. The molecule has 2 aliphatic heterocycles. The van der Waals surface area contributed by atoms with Crippen LogP contribution in [0.25, 0.3) is 0 Å². The smallest absolute Gasteiger partial charge is 0.259 e. The van der Waals surface area contributed by atoms with Gasteiger partial charge in [-0.2, -0.15) is 0 Å². The van der Waals surface area contributed by atoms with Gasteiger partial charge in [-0.05, 0) is 43.5 Å². The van der Waals surface area contributed by atoms with Crippen LogP contribution >= 0.6 is 0 Å². The minimum absolute atomic E-state index is 0.0317. The molecule has 2 atom stereocenters. The van der Waals surface area contributed by atoms with Crippen molar-refractivity contribution < 1.29 is 23.1 Å². The Morgan fingerprint density at radius 1 is 1.08 bits per heavy atom. The van der Waals surface area contributed by atoms with Gasteiger partial charge in [-0.1, -0.05) is 0 Å². The monoisotopic (exact) mass is 381 g/mol. The maximum atomic E-state index is 12.6. The largest absolute Gasteiger partial charge is 0.368 e. The first-order chi connectivity index (χ1) is 12.5. The summed E-state index contributed by atoms with van der Waals surface area (Å²) in [6.07, 6.45) is 2.47. The average molecular weight is 381 g/mol. The van der Waals surface area contributed by atoms with E-state index in [9.17, 15) is 13.8 Å². The summed E-state index contributed by atoms with van der Waals surface area (Å²) in [5, 5.41) is 0. The van der Waals surface area contributed by atoms with Crippen molar-refractivity contribution in [3.63, 3.8) is 0 Å². The van der Waals surface area contributed by atoms with Crippen LogP contribution in [0.3, 0.4) is 0 Å². The van der Waals surface area contributed by atoms with Gasteiger partial charge in [0.1, 0.15) is 6.10 Å². The highest BCUT2D eigenvalue weighted by molar-refractivity contribution is 7.80. The number of rotatable bonds is 4. The van der Waals surface area contributed by atoms with Crippen LogP contribution in [-0.4, -0.2) is 69.3 Å². The van der Waals surface area contributed by atoms with Gasteiger partial charge in [0.15, 0.2) is 0 Å². The second-order valence-electron chi connectivity index (χ2n) is 6.40. The highest BCUT2D eigenvalue weighted by Gasteiger charge is 2.30. The first-order valence-electron chi connectivity index (χ1n) is 8.72. The zero-order chi connectivity index (χ0) is 18.5. The maximum absolute atomic E-state index is 12.6. The van der Waals surface area contributed by atoms with Crippen LogP contribution in [-0.2, 0) is 20.8 Å². The van der Waals surface area contributed by atoms with E-state index in [2.05, 4.69) is 4.72 Å². The quantitative estimate of drug-likeness (QED) is 0.761. The molecule has 1 aromatic carbocycles. The van der Waals surface area contributed by atoms with Crippen molar-refractivity contribution in [1.29, 1.82) is 0 Å². The molecule has 0 saturated carbocycles. The lowest BCUT2D eigenvalue weighted by Crippen LogP contribution is -2.53. The van der Waals surface area contributed by atoms with Gasteiger partial charge in [0.05, 0.1) is 0 Å². The normalized spacial score (nSPS) is 22.0. The number of carbonyl (C=O) groups excluding carboxylic acids is 2. The van der Waals surface area contributed by atoms with Gasteiger partial charge in [-0.15, -0.1) is 0 Å². The van der Waals surface area contributed by atoms with Gasteiger partial charge in [0, 0.05) is 44.0 Å². The third-order valence-corrected chi connectivity index (χ3v) is 5.08. The van der Waals surface area contributed by atoms with Gasteiger partial charge in [0.25, 0.3) is 23.1 Å². The predicted octanol–water partition coefficient (Wildman–Crippen LogP) is 1.09. The summed E-state index contributed by atoms with van der Waals surface area (Å²) in [6, 6.07) is 6.40. The minimum Gasteiger partial charge on any atom is -0.368 e. The van der Waals surface area contributed by atoms with E-state index in [1.165, 1.54) is 0 Å². The number of nitrogens with zero attached hydrogens (tertiary/aromatic N) is 2. The number of hydrogen-bond donors (Lipinski definition) is 2. The lowest BCUT2D eigenvalue weighted by atomic mass is 10.1. The SMILES string of the molecule is O=C(c1ccc(NS(=O)O)cc1)N1CCN(C(=O)C2CCCCO2)CC1. The van der Waals surface area contributed by atoms with E-state index in [1.54, 1.807) is 34.1 Å². The van der Waals surface area contributed by atoms with Crippen molar-refractivity contribution in [3.05, 3.63) is 29.8 Å². The molecule has 0 spiro atoms. The van der Waals surface area contributed by atoms with Crippen molar-refractivity contribution in [3.8, 4) is 0 Å². The molecule has 0 aliphatic carbocycles. The molecule has 0 radical (unpaired) electrons. The van der Waals surface area contributed by atoms with Crippen LogP contribution < -0.4 is 4.72 Å². The van der Waals surface area contributed by atoms with Crippen LogP contribution in [0, 0.1) is 0 Å². The van der Waals surface area contributed by atoms with E-state index < -0.39 is 11.3 Å². The number of piperazine rings is 1. The number of benzene rings is 1. The van der Waals surface area contributed by atoms with Crippen molar-refractivity contribution in [2.24, 2.45) is 0 Å². The average Bonchev–Trinajstić information content (AvgIpc) is 2.68. The molecule has 2 N–H and O–H groups in total. The van der Waals surface area contributed by atoms with Crippen LogP contribution in [0.4, 0.5) is 5.69 Å². The number of anilines is 1. The first kappa shape index (κ1) is 18.8. The van der Waals surface area contributed by atoms with Crippen molar-refractivity contribution in [2.75, 3.05) is 37.5 Å². The lowest BCUT2D eigenvalue weighted by molar-refractivity contribution is -0.147. The lowest BCUT2D eigenvalue weighted by Gasteiger charge is -2.37. The van der Waals surface area contributed by atoms with Gasteiger partial charge in [-0.25, -0.2) is 4.21 Å². The van der Waals surface area contributed by atoms with E-state index in [0.29, 0.717) is 44.0 Å². The van der Waals surface area contributed by atoms with E-state index in [4.69, 9.17) is 9.29 Å². The Labute approximate surface area is 154 Å². The third kappa shape index (κ3) is 4.60. The molecular weight excluding hydrogens is 358 g/mol. The predicted molar refractivity (Wildman–Crippen MR) is 96.9 cm³/mol. The molecule has 0 aromatic heterocycles. The molecule has 2 saturated heterocycles. The molecule has 2 fully saturated rings. The van der Waals surface area contributed by atoms with Gasteiger partial charge < -0.3 is 14.5 Å². The number of nitrogens with one attached hydrogen (secondary N) is 1. The molecule has 26 heavy (non-hydrogen) atoms. The number of carbonyl (C=O) groups is 2. The maximum Gasteiger partial charge on any atom is 0.259 e. The molecule has 2 aliphatic rings. The van der Waals surface area contributed by atoms with Crippen molar-refractivity contribution >= 4 is 28.8 Å². The summed E-state index contributed by atoms with van der Waals surface area (Å²) in [5.74, 6) is -0.0769. The standard InChI is InChI=1S/C17H23N3O5S/c21-16(13-4-6-14(7-5-13)18-26(23)24)19-8-10-20(11-9-19)17(22)15-3-1-2-12-25-15/h4-7,15,18H,1-3,8-12H2,(H,23,24). The van der Waals surface area contributed by atoms with Gasteiger partial charge >= 0.3 is 0 Å². The van der Waals surface area contributed by atoms with Crippen LogP contribution in [0.15, 0.2) is 24.3 Å². The highest BCUT2D eigenvalue weighted by Crippen LogP contribution is 2.17. The zero-order valence-electron chi connectivity index (χ0n) is 14.4. The molecule has 142 valence electrons. The topological polar surface area (TPSA) is 99.2 Å². The van der Waals surface area contributed by atoms with Crippen LogP contribution in [0.1, 0.15) is 29.6 Å². The Kier molecular flexibility index (Phi) is 6.23. The summed E-state index contributed by atoms with van der Waals surface area (Å²) in [6.45, 7) is 2.63. The fraction of sp³-hybridized carbons (Fsp3) is 0.529. The summed E-state index contributed by atoms with van der Waals surface area (Å²) in [7, 11) is 0. The molecular formula is C17H23N3O5S. The molecule has 9 heteroatoms. The summed E-state index contributed by atoms with van der Waals surface area (Å²) in [4.78, 5) is 28.6. The number of hydrogen-bond acceptors (Lipinski definition) is 4. The van der Waals surface area contributed by atoms with Gasteiger partial charge in [-0.3, -0.25) is 18.9 Å². The summed E-state index contributed by atoms with van der Waals surface area (Å²) < 4.78 is 27.4. The first-order valence-corrected chi connectivity index (χ1v) is 9.82. The van der Waals surface area contributed by atoms with E-state index in [1.807, 2.05) is 0 Å². The van der Waals surface area contributed by atoms with Gasteiger partial charge in [0.2, 0.25) is 0 Å². The third-order valence-electron chi connectivity index (χ3n) is 4.67. The highest BCUT2D eigenvalue weighted by atomic mass is 32.2. The van der Waals surface area contributed by atoms with Crippen molar-refractivity contribution in [1.82, 2.24) is 9.80 Å². The Bertz CT molecular complexity index is 667. The van der Waals surface area contributed by atoms with E-state index in [-0.39, 0.29) is 17.9 Å². The number of ether oxygens (including phenoxy) is 1. The van der Waals surface area contributed by atoms with E-state index >= 15 is 0 Å². The fourth-order valence-corrected chi connectivity index (χ4v) is 3.57. The molecule has 2 heterocycles. The molecule has 2 unspecified atom stereocenters. The second-order valence-corrected chi connectivity index (χ2v) is 7.10. The van der Waals surface area contributed by atoms with Crippen LogP contribution in [0.2, 0.25) is 0 Å². The zero-order valence-corrected chi connectivity index (χ0v) is 15.2. The Morgan fingerprint density at radius 2 is 1.73 bits per heavy atom. The summed E-state index contributed by atoms with van der Waals surface area (Å²) in [5.41, 5.74) is 0.972. The van der Waals surface area contributed by atoms with E-state index in [0.717, 1.165) is 19.3 Å². The number of amides is 2. The molecule has 8 nitrogen and oxygen atoms in total.